The fourth-order valence-electron chi connectivity index (χ4n) is 2.91. The van der Waals surface area contributed by atoms with Crippen molar-refractivity contribution in [2.75, 3.05) is 13.1 Å². The topological polar surface area (TPSA) is 80.3 Å². The van der Waals surface area contributed by atoms with Crippen LogP contribution >= 0.6 is 11.3 Å². The van der Waals surface area contributed by atoms with E-state index in [-0.39, 0.29) is 17.7 Å². The molecule has 6 nitrogen and oxygen atoms in total. The number of hydrogen-bond acceptors (Lipinski definition) is 5. The first-order valence-electron chi connectivity index (χ1n) is 9.22. The van der Waals surface area contributed by atoms with E-state index in [0.29, 0.717) is 25.4 Å². The molecule has 2 amide bonds. The summed E-state index contributed by atoms with van der Waals surface area (Å²) in [7, 11) is 0. The van der Waals surface area contributed by atoms with Crippen LogP contribution in [0.2, 0.25) is 0 Å². The Morgan fingerprint density at radius 1 is 1.15 bits per heavy atom. The highest BCUT2D eigenvalue weighted by Crippen LogP contribution is 2.26. The zero-order valence-electron chi connectivity index (χ0n) is 15.7. The molecule has 7 heteroatoms. The molecule has 1 aliphatic carbocycles. The number of benzene rings is 1. The Kier molecular flexibility index (Phi) is 6.45. The monoisotopic (exact) mass is 387 g/mol. The smallest absolute Gasteiger partial charge is 0.270 e. The Labute approximate surface area is 163 Å². The number of rotatable bonds is 8. The van der Waals surface area contributed by atoms with Crippen LogP contribution in [0, 0.1) is 19.8 Å². The summed E-state index contributed by atoms with van der Waals surface area (Å²) in [6.45, 7) is 5.22. The summed E-state index contributed by atoms with van der Waals surface area (Å²) in [4.78, 5) is 28.2. The molecule has 1 aromatic heterocycles. The van der Waals surface area contributed by atoms with E-state index in [4.69, 9.17) is 4.74 Å². The highest BCUT2D eigenvalue weighted by Gasteiger charge is 2.24. The minimum Gasteiger partial charge on any atom is -0.486 e. The average molecular weight is 388 g/mol. The van der Waals surface area contributed by atoms with Crippen molar-refractivity contribution in [3.63, 3.8) is 0 Å². The molecule has 0 radical (unpaired) electrons. The summed E-state index contributed by atoms with van der Waals surface area (Å²) in [6.07, 6.45) is 3.09. The first-order chi connectivity index (χ1) is 13.0. The van der Waals surface area contributed by atoms with Crippen LogP contribution in [0.5, 0.6) is 5.75 Å². The maximum Gasteiger partial charge on any atom is 0.270 e. The third-order valence-corrected chi connectivity index (χ3v) is 5.35. The number of aryl methyl sites for hydroxylation is 2. The van der Waals surface area contributed by atoms with Crippen molar-refractivity contribution in [1.82, 2.24) is 15.6 Å². The van der Waals surface area contributed by atoms with Gasteiger partial charge in [0.05, 0.1) is 0 Å². The van der Waals surface area contributed by atoms with Crippen LogP contribution in [0.1, 0.15) is 45.9 Å². The van der Waals surface area contributed by atoms with Gasteiger partial charge in [0.1, 0.15) is 23.1 Å². The van der Waals surface area contributed by atoms with Crippen LogP contribution in [0.25, 0.3) is 0 Å². The van der Waals surface area contributed by atoms with Crippen LogP contribution in [0.4, 0.5) is 0 Å². The normalized spacial score (nSPS) is 13.7. The molecule has 1 fully saturated rings. The second kappa shape index (κ2) is 8.99. The number of amides is 2. The molecule has 0 atom stereocenters. The Bertz CT molecular complexity index is 794. The summed E-state index contributed by atoms with van der Waals surface area (Å²) in [6, 6.07) is 6.05. The zero-order chi connectivity index (χ0) is 19.2. The number of hydrogen-bond donors (Lipinski definition) is 2. The first kappa shape index (κ1) is 19.4. The Balaban J connectivity index is 1.41. The third-order valence-electron chi connectivity index (χ3n) is 4.53. The van der Waals surface area contributed by atoms with Crippen LogP contribution < -0.4 is 15.4 Å². The molecule has 0 spiro atoms. The highest BCUT2D eigenvalue weighted by atomic mass is 32.1. The molecule has 1 aromatic carbocycles. The summed E-state index contributed by atoms with van der Waals surface area (Å²) < 4.78 is 5.78. The average Bonchev–Trinajstić information content (AvgIpc) is 3.03. The Hall–Kier alpha value is -2.41. The summed E-state index contributed by atoms with van der Waals surface area (Å²) in [5.74, 6) is 0.826. The minimum absolute atomic E-state index is 0.0926. The van der Waals surface area contributed by atoms with E-state index < -0.39 is 0 Å². The van der Waals surface area contributed by atoms with E-state index in [0.717, 1.165) is 41.1 Å². The maximum atomic E-state index is 12.1. The molecule has 1 aliphatic rings. The summed E-state index contributed by atoms with van der Waals surface area (Å²) in [5, 5.41) is 8.11. The molecule has 27 heavy (non-hydrogen) atoms. The fourth-order valence-corrected chi connectivity index (χ4v) is 3.60. The SMILES string of the molecule is Cc1cc(C)cc(OCc2nc(C(=O)NCCNC(=O)C3CCC3)cs2)c1. The van der Waals surface area contributed by atoms with Gasteiger partial charge in [0.2, 0.25) is 5.91 Å². The second-order valence-electron chi connectivity index (χ2n) is 6.91. The van der Waals surface area contributed by atoms with E-state index >= 15 is 0 Å². The molecule has 0 aliphatic heterocycles. The molecule has 0 saturated heterocycles. The van der Waals surface area contributed by atoms with Crippen molar-refractivity contribution in [3.8, 4) is 5.75 Å². The van der Waals surface area contributed by atoms with Gasteiger partial charge in [-0.25, -0.2) is 4.98 Å². The number of thiazole rings is 1. The van der Waals surface area contributed by atoms with Crippen molar-refractivity contribution in [3.05, 3.63) is 45.4 Å². The third kappa shape index (κ3) is 5.53. The van der Waals surface area contributed by atoms with Gasteiger partial charge in [0.25, 0.3) is 5.91 Å². The Morgan fingerprint density at radius 3 is 2.52 bits per heavy atom. The maximum absolute atomic E-state index is 12.1. The number of aromatic nitrogens is 1. The van der Waals surface area contributed by atoms with Gasteiger partial charge in [-0.2, -0.15) is 0 Å². The Morgan fingerprint density at radius 2 is 1.85 bits per heavy atom. The number of carbonyl (C=O) groups is 2. The molecule has 144 valence electrons. The lowest BCUT2D eigenvalue weighted by atomic mass is 9.85. The van der Waals surface area contributed by atoms with Crippen molar-refractivity contribution in [2.24, 2.45) is 5.92 Å². The van der Waals surface area contributed by atoms with Crippen LogP contribution in [0.3, 0.4) is 0 Å². The van der Waals surface area contributed by atoms with Crippen molar-refractivity contribution < 1.29 is 14.3 Å². The predicted molar refractivity (Wildman–Crippen MR) is 105 cm³/mol. The van der Waals surface area contributed by atoms with Gasteiger partial charge in [0, 0.05) is 24.4 Å². The van der Waals surface area contributed by atoms with Crippen molar-refractivity contribution in [1.29, 1.82) is 0 Å². The van der Waals surface area contributed by atoms with Gasteiger partial charge in [-0.1, -0.05) is 12.5 Å². The lowest BCUT2D eigenvalue weighted by molar-refractivity contribution is -0.127. The van der Waals surface area contributed by atoms with E-state index in [1.165, 1.54) is 11.3 Å². The van der Waals surface area contributed by atoms with Crippen molar-refractivity contribution >= 4 is 23.2 Å². The van der Waals surface area contributed by atoms with E-state index in [2.05, 4.69) is 21.7 Å². The number of ether oxygens (including phenoxy) is 1. The molecule has 2 aromatic rings. The number of nitrogens with zero attached hydrogens (tertiary/aromatic N) is 1. The quantitative estimate of drug-likeness (QED) is 0.683. The van der Waals surface area contributed by atoms with Gasteiger partial charge < -0.3 is 15.4 Å². The molecule has 1 heterocycles. The van der Waals surface area contributed by atoms with E-state index in [1.54, 1.807) is 5.38 Å². The van der Waals surface area contributed by atoms with E-state index in [9.17, 15) is 9.59 Å². The molecule has 0 bridgehead atoms. The molecule has 3 rings (SSSR count). The molecule has 2 N–H and O–H groups in total. The van der Waals surface area contributed by atoms with Crippen LogP contribution in [-0.4, -0.2) is 29.9 Å². The number of nitrogens with one attached hydrogen (secondary N) is 2. The van der Waals surface area contributed by atoms with Gasteiger partial charge in [-0.15, -0.1) is 11.3 Å². The molecule has 1 saturated carbocycles. The standard InChI is InChI=1S/C20H25N3O3S/c1-13-8-14(2)10-16(9-13)26-11-18-23-17(12-27-18)20(25)22-7-6-21-19(24)15-4-3-5-15/h8-10,12,15H,3-7,11H2,1-2H3,(H,21,24)(H,22,25). The lowest BCUT2D eigenvalue weighted by Gasteiger charge is -2.23. The summed E-state index contributed by atoms with van der Waals surface area (Å²) in [5.41, 5.74) is 2.67. The minimum atomic E-state index is -0.234. The van der Waals surface area contributed by atoms with Crippen molar-refractivity contribution in [2.45, 2.75) is 39.7 Å². The van der Waals surface area contributed by atoms with E-state index in [1.807, 2.05) is 26.0 Å². The highest BCUT2D eigenvalue weighted by molar-refractivity contribution is 7.09. The molecular weight excluding hydrogens is 362 g/mol. The fraction of sp³-hybridized carbons (Fsp3) is 0.450. The van der Waals surface area contributed by atoms with Gasteiger partial charge in [-0.3, -0.25) is 9.59 Å². The summed E-state index contributed by atoms with van der Waals surface area (Å²) >= 11 is 1.40. The number of carbonyl (C=O) groups excluding carboxylic acids is 2. The van der Waals surface area contributed by atoms with Crippen LogP contribution in [-0.2, 0) is 11.4 Å². The lowest BCUT2D eigenvalue weighted by Crippen LogP contribution is -2.39. The largest absolute Gasteiger partial charge is 0.486 e. The predicted octanol–water partition coefficient (Wildman–Crippen LogP) is 2.99. The van der Waals surface area contributed by atoms with Crippen LogP contribution in [0.15, 0.2) is 23.6 Å². The van der Waals surface area contributed by atoms with Gasteiger partial charge >= 0.3 is 0 Å². The van der Waals surface area contributed by atoms with Gasteiger partial charge in [0.15, 0.2) is 0 Å². The van der Waals surface area contributed by atoms with Gasteiger partial charge in [-0.05, 0) is 49.9 Å². The second-order valence-corrected chi connectivity index (χ2v) is 7.86. The molecule has 0 unspecified atom stereocenters. The zero-order valence-corrected chi connectivity index (χ0v) is 16.5. The molecular formula is C20H25N3O3S. The first-order valence-corrected chi connectivity index (χ1v) is 10.1.